The maximum atomic E-state index is 12.3. The van der Waals surface area contributed by atoms with Gasteiger partial charge in [-0.25, -0.2) is 19.6 Å². The van der Waals surface area contributed by atoms with Crippen LogP contribution in [0.2, 0.25) is 10.0 Å². The molecule has 8 N–H and O–H groups in total. The smallest absolute Gasteiger partial charge is 0.336 e. The van der Waals surface area contributed by atoms with Crippen molar-refractivity contribution >= 4 is 113 Å². The van der Waals surface area contributed by atoms with Crippen molar-refractivity contribution < 1.29 is 30.0 Å². The van der Waals surface area contributed by atoms with Crippen LogP contribution in [0.5, 0.6) is 0 Å². The van der Waals surface area contributed by atoms with Gasteiger partial charge in [0, 0.05) is 38.5 Å². The van der Waals surface area contributed by atoms with Crippen molar-refractivity contribution in [2.45, 2.75) is 0 Å². The standard InChI is InChI=1S/C36H22Cl2N4O6/c37-31-29-21-9-12-24(36(47)48)26-23(35(45)46)11-8-19(25(21)26)20-7-10-22(33(43)41-17-5-1-3-15(39)13-17)28(27(20)29)30(32(31)38)34(44)42-18-6-2-4-16(40)14-18/h1-14H,39-40H2,(H,41,43)(H,42,44)(H,45,46)(H,47,48). The molecule has 0 saturated carbocycles. The number of hydrogen-bond acceptors (Lipinski definition) is 6. The number of nitrogen functional groups attached to an aromatic ring is 2. The molecule has 12 heteroatoms. The lowest BCUT2D eigenvalue weighted by atomic mass is 9.84. The first-order valence-corrected chi connectivity index (χ1v) is 15.0. The number of benzene rings is 7. The Morgan fingerprint density at radius 3 is 1.56 bits per heavy atom. The summed E-state index contributed by atoms with van der Waals surface area (Å²) in [5, 5.41) is 45.9. The zero-order valence-electron chi connectivity index (χ0n) is 24.5. The summed E-state index contributed by atoms with van der Waals surface area (Å²) >= 11 is 14.0. The van der Waals surface area contributed by atoms with Gasteiger partial charge in [0.15, 0.2) is 0 Å². The summed E-state index contributed by atoms with van der Waals surface area (Å²) in [7, 11) is 0. The van der Waals surface area contributed by atoms with Crippen LogP contribution >= 0.6 is 23.2 Å². The molecule has 0 unspecified atom stereocenters. The highest BCUT2D eigenvalue weighted by Gasteiger charge is 2.29. The van der Waals surface area contributed by atoms with Crippen molar-refractivity contribution in [2.24, 2.45) is 9.98 Å². The largest absolute Gasteiger partial charge is 0.493 e. The van der Waals surface area contributed by atoms with Gasteiger partial charge in [0.05, 0.1) is 38.1 Å². The number of halogens is 2. The minimum atomic E-state index is -1.31. The van der Waals surface area contributed by atoms with Crippen LogP contribution < -0.4 is 11.5 Å². The van der Waals surface area contributed by atoms with E-state index in [0.717, 1.165) is 0 Å². The van der Waals surface area contributed by atoms with Gasteiger partial charge in [0.1, 0.15) is 0 Å². The number of carbonyl (C=O) groups is 2. The fourth-order valence-electron chi connectivity index (χ4n) is 6.27. The number of carboxylic acid groups (broad SMARTS) is 2. The van der Waals surface area contributed by atoms with Crippen LogP contribution in [-0.4, -0.2) is 44.2 Å². The molecule has 7 aromatic carbocycles. The van der Waals surface area contributed by atoms with Crippen molar-refractivity contribution in [3.63, 3.8) is 0 Å². The fraction of sp³-hybridized carbons (Fsp3) is 0. The maximum absolute atomic E-state index is 12.3. The number of aromatic carboxylic acids is 2. The van der Waals surface area contributed by atoms with E-state index in [0.29, 0.717) is 55.1 Å². The molecular formula is C36H22Cl2N4O6. The molecule has 0 amide bonds. The number of aliphatic hydroxyl groups excluding tert-OH is 2. The summed E-state index contributed by atoms with van der Waals surface area (Å²) in [6.45, 7) is 0. The van der Waals surface area contributed by atoms with Gasteiger partial charge in [-0.3, -0.25) is 0 Å². The predicted molar refractivity (Wildman–Crippen MR) is 191 cm³/mol. The second-order valence-electron chi connectivity index (χ2n) is 11.0. The van der Waals surface area contributed by atoms with Crippen LogP contribution in [0, 0.1) is 0 Å². The third-order valence-corrected chi connectivity index (χ3v) is 9.05. The van der Waals surface area contributed by atoms with E-state index < -0.39 is 23.7 Å². The molecule has 0 spiro atoms. The first-order chi connectivity index (χ1) is 23.0. The van der Waals surface area contributed by atoms with E-state index in [1.807, 2.05) is 0 Å². The van der Waals surface area contributed by atoms with Crippen molar-refractivity contribution in [3.8, 4) is 0 Å². The van der Waals surface area contributed by atoms with E-state index in [-0.39, 0.29) is 43.1 Å². The van der Waals surface area contributed by atoms with Gasteiger partial charge in [-0.2, -0.15) is 0 Å². The number of aliphatic imine (C=N–C) groups is 2. The van der Waals surface area contributed by atoms with Gasteiger partial charge in [-0.1, -0.05) is 53.5 Å². The van der Waals surface area contributed by atoms with E-state index in [2.05, 4.69) is 9.98 Å². The van der Waals surface area contributed by atoms with Gasteiger partial charge >= 0.3 is 11.9 Å². The molecule has 7 aromatic rings. The van der Waals surface area contributed by atoms with Crippen molar-refractivity contribution in [3.05, 3.63) is 117 Å². The zero-order chi connectivity index (χ0) is 34.0. The van der Waals surface area contributed by atoms with Crippen LogP contribution in [0.15, 0.2) is 94.9 Å². The Hall–Kier alpha value is -6.10. The molecule has 7 rings (SSSR count). The van der Waals surface area contributed by atoms with Crippen molar-refractivity contribution in [2.75, 3.05) is 11.5 Å². The Kier molecular flexibility index (Phi) is 7.19. The molecule has 0 heterocycles. The number of anilines is 2. The molecule has 0 aliphatic carbocycles. The molecule has 236 valence electrons. The monoisotopic (exact) mass is 676 g/mol. The number of hydrogen-bond donors (Lipinski definition) is 6. The number of carboxylic acids is 2. The molecule has 10 nitrogen and oxygen atoms in total. The quantitative estimate of drug-likeness (QED) is 0.0330. The van der Waals surface area contributed by atoms with E-state index in [9.17, 15) is 30.0 Å². The van der Waals surface area contributed by atoms with Gasteiger partial charge in [0.2, 0.25) is 11.8 Å². The Labute approximate surface area is 280 Å². The second-order valence-corrected chi connectivity index (χ2v) is 11.8. The SMILES string of the molecule is Nc1cccc(N=C(O)c2ccc3c4ccc(C(=O)O)c5c(C(=O)O)ccc(c6c(Cl)c(Cl)c(C(O)=Nc7cccc(N)c7)c2c36)c54)c1. The summed E-state index contributed by atoms with van der Waals surface area (Å²) in [4.78, 5) is 33.4. The topological polar surface area (TPSA) is 192 Å². The summed E-state index contributed by atoms with van der Waals surface area (Å²) in [5.41, 5.74) is 13.1. The first-order valence-electron chi connectivity index (χ1n) is 14.3. The summed E-state index contributed by atoms with van der Waals surface area (Å²) in [6, 6.07) is 22.1. The molecule has 0 fully saturated rings. The molecule has 0 atom stereocenters. The average Bonchev–Trinajstić information content (AvgIpc) is 3.04. The third kappa shape index (κ3) is 4.74. The van der Waals surface area contributed by atoms with E-state index in [4.69, 9.17) is 34.7 Å². The third-order valence-electron chi connectivity index (χ3n) is 8.19. The number of fused-ring (bicyclic) bond motifs is 2. The number of nitrogens with zero attached hydrogens (tertiary/aromatic N) is 2. The zero-order valence-corrected chi connectivity index (χ0v) is 26.0. The van der Waals surface area contributed by atoms with E-state index in [1.165, 1.54) is 18.2 Å². The average molecular weight is 678 g/mol. The highest BCUT2D eigenvalue weighted by molar-refractivity contribution is 6.53. The maximum Gasteiger partial charge on any atom is 0.336 e. The van der Waals surface area contributed by atoms with Crippen LogP contribution in [0.4, 0.5) is 22.7 Å². The molecule has 0 saturated heterocycles. The normalized spacial score (nSPS) is 12.5. The van der Waals surface area contributed by atoms with Crippen LogP contribution in [0.3, 0.4) is 0 Å². The number of rotatable bonds is 6. The van der Waals surface area contributed by atoms with Crippen molar-refractivity contribution in [1.29, 1.82) is 0 Å². The number of aliphatic hydroxyl groups is 2. The van der Waals surface area contributed by atoms with Crippen molar-refractivity contribution in [1.82, 2.24) is 0 Å². The van der Waals surface area contributed by atoms with Crippen LogP contribution in [-0.2, 0) is 0 Å². The molecule has 0 aromatic heterocycles. The van der Waals surface area contributed by atoms with E-state index in [1.54, 1.807) is 66.7 Å². The lowest BCUT2D eigenvalue weighted by Gasteiger charge is -2.21. The van der Waals surface area contributed by atoms with Gasteiger partial charge < -0.3 is 31.9 Å². The summed E-state index contributed by atoms with van der Waals surface area (Å²) in [5.74, 6) is -3.59. The molecule has 48 heavy (non-hydrogen) atoms. The Morgan fingerprint density at radius 2 is 1.02 bits per heavy atom. The molecule has 0 radical (unpaired) electrons. The Morgan fingerprint density at radius 1 is 0.521 bits per heavy atom. The fourth-order valence-corrected chi connectivity index (χ4v) is 6.83. The van der Waals surface area contributed by atoms with E-state index >= 15 is 0 Å². The van der Waals surface area contributed by atoms with Gasteiger partial charge in [0.25, 0.3) is 0 Å². The summed E-state index contributed by atoms with van der Waals surface area (Å²) in [6.07, 6.45) is 0. The Bertz CT molecular complexity index is 2580. The molecule has 0 aliphatic heterocycles. The molecular weight excluding hydrogens is 655 g/mol. The summed E-state index contributed by atoms with van der Waals surface area (Å²) < 4.78 is 0. The highest BCUT2D eigenvalue weighted by atomic mass is 35.5. The first kappa shape index (κ1) is 30.5. The Balaban J connectivity index is 1.70. The lowest BCUT2D eigenvalue weighted by molar-refractivity contribution is 0.0695. The van der Waals surface area contributed by atoms with Gasteiger partial charge in [-0.15, -0.1) is 0 Å². The van der Waals surface area contributed by atoms with Crippen LogP contribution in [0.1, 0.15) is 31.8 Å². The lowest BCUT2D eigenvalue weighted by Crippen LogP contribution is -2.09. The molecule has 0 bridgehead atoms. The second kappa shape index (κ2) is 11.3. The minimum Gasteiger partial charge on any atom is -0.493 e. The number of nitrogens with two attached hydrogens (primary N) is 2. The van der Waals surface area contributed by atoms with Crippen LogP contribution in [0.25, 0.3) is 43.1 Å². The minimum absolute atomic E-state index is 0.0151. The predicted octanol–water partition coefficient (Wildman–Crippen LogP) is 8.88. The van der Waals surface area contributed by atoms with Gasteiger partial charge in [-0.05, 0) is 76.1 Å². The highest BCUT2D eigenvalue weighted by Crippen LogP contribution is 2.49. The molecule has 0 aliphatic rings.